The van der Waals surface area contributed by atoms with Crippen molar-refractivity contribution < 1.29 is 35.1 Å². The zero-order valence-corrected chi connectivity index (χ0v) is 17.2. The van der Waals surface area contributed by atoms with Gasteiger partial charge in [0.05, 0.1) is 27.2 Å². The molecule has 3 aliphatic rings. The highest BCUT2D eigenvalue weighted by molar-refractivity contribution is 8.08. The van der Waals surface area contributed by atoms with E-state index in [1.807, 2.05) is 13.8 Å². The van der Waals surface area contributed by atoms with Crippen molar-refractivity contribution in [3.63, 3.8) is 0 Å². The molecule has 0 radical (unpaired) electrons. The molecular formula is C19H22O7S2. The van der Waals surface area contributed by atoms with Crippen molar-refractivity contribution in [3.05, 3.63) is 22.3 Å². The molecule has 1 heterocycles. The van der Waals surface area contributed by atoms with E-state index in [1.165, 1.54) is 30.4 Å². The summed E-state index contributed by atoms with van der Waals surface area (Å²) in [6, 6.07) is 0. The topological polar surface area (TPSA) is 135 Å². The molecule has 0 saturated carbocycles. The van der Waals surface area contributed by atoms with Crippen LogP contribution < -0.4 is 0 Å². The molecule has 1 aromatic rings. The van der Waals surface area contributed by atoms with Gasteiger partial charge in [-0.1, -0.05) is 13.8 Å². The lowest BCUT2D eigenvalue weighted by atomic mass is 9.73. The summed E-state index contributed by atoms with van der Waals surface area (Å²) in [6.07, 6.45) is -3.60. The molecule has 0 amide bonds. The third-order valence-corrected chi connectivity index (χ3v) is 9.60. The van der Waals surface area contributed by atoms with Crippen LogP contribution in [0.1, 0.15) is 58.7 Å². The van der Waals surface area contributed by atoms with Gasteiger partial charge in [-0.2, -0.15) is 0 Å². The number of carbonyl (C=O) groups excluding carboxylic acids is 2. The van der Waals surface area contributed by atoms with Crippen LogP contribution in [0.25, 0.3) is 0 Å². The van der Waals surface area contributed by atoms with E-state index in [9.17, 15) is 35.1 Å². The highest BCUT2D eigenvalue weighted by Gasteiger charge is 2.53. The minimum atomic E-state index is -1.77. The highest BCUT2D eigenvalue weighted by atomic mass is 32.2. The van der Waals surface area contributed by atoms with Crippen LogP contribution in [0.2, 0.25) is 0 Å². The summed E-state index contributed by atoms with van der Waals surface area (Å²) in [7, 11) is 0. The fourth-order valence-corrected chi connectivity index (χ4v) is 7.39. The maximum atomic E-state index is 13.2. The van der Waals surface area contributed by atoms with Crippen LogP contribution in [0.4, 0.5) is 0 Å². The number of fused-ring (bicyclic) bond motifs is 3. The Morgan fingerprint density at radius 3 is 1.89 bits per heavy atom. The molecule has 9 heteroatoms. The molecule has 1 saturated heterocycles. The Labute approximate surface area is 170 Å². The molecule has 0 spiro atoms. The number of rotatable bonds is 0. The Balaban J connectivity index is 1.95. The minimum Gasteiger partial charge on any atom is -0.507 e. The Kier molecular flexibility index (Phi) is 4.56. The van der Waals surface area contributed by atoms with Crippen LogP contribution in [-0.4, -0.2) is 69.8 Å². The maximum Gasteiger partial charge on any atom is 0.182 e. The van der Waals surface area contributed by atoms with Crippen molar-refractivity contribution in [2.45, 2.75) is 66.0 Å². The highest BCUT2D eigenvalue weighted by Crippen LogP contribution is 2.53. The second kappa shape index (κ2) is 6.37. The first-order valence-electron chi connectivity index (χ1n) is 9.05. The number of ketones is 2. The normalized spacial score (nSPS) is 39.9. The lowest BCUT2D eigenvalue weighted by Crippen LogP contribution is -2.50. The molecule has 152 valence electrons. The molecule has 5 N–H and O–H groups in total. The van der Waals surface area contributed by atoms with Gasteiger partial charge in [-0.05, 0) is 6.92 Å². The number of aliphatic hydroxyl groups is 3. The number of aliphatic hydroxyl groups excluding tert-OH is 2. The van der Waals surface area contributed by atoms with Gasteiger partial charge in [0.15, 0.2) is 11.6 Å². The monoisotopic (exact) mass is 426 g/mol. The van der Waals surface area contributed by atoms with Gasteiger partial charge in [0.25, 0.3) is 0 Å². The van der Waals surface area contributed by atoms with Crippen molar-refractivity contribution in [1.29, 1.82) is 0 Å². The first-order chi connectivity index (χ1) is 13.0. The molecule has 7 nitrogen and oxygen atoms in total. The fraction of sp³-hybridized carbons (Fsp3) is 0.579. The zero-order chi connectivity index (χ0) is 20.7. The molecular weight excluding hydrogens is 404 g/mol. The predicted octanol–water partition coefficient (Wildman–Crippen LogP) is 1.17. The Bertz CT molecular complexity index is 897. The van der Waals surface area contributed by atoms with Crippen molar-refractivity contribution in [3.8, 4) is 11.5 Å². The van der Waals surface area contributed by atoms with Crippen LogP contribution in [-0.2, 0) is 6.42 Å². The summed E-state index contributed by atoms with van der Waals surface area (Å²) >= 11 is 2.75. The standard InChI is InChI=1S/C19H22O7S2/c1-5-6(2)28-17-14(23)10-9(13(22)16(17)27-5)11(20)7-4-19(3,26)18(25)15(24)8(7)12(10)21/h5-6,15-18,20-21,24-26H,4H2,1-3H3. The summed E-state index contributed by atoms with van der Waals surface area (Å²) in [6.45, 7) is 5.24. The van der Waals surface area contributed by atoms with Crippen molar-refractivity contribution >= 4 is 35.1 Å². The van der Waals surface area contributed by atoms with Gasteiger partial charge < -0.3 is 25.5 Å². The van der Waals surface area contributed by atoms with E-state index >= 15 is 0 Å². The van der Waals surface area contributed by atoms with Crippen LogP contribution in [0, 0.1) is 0 Å². The Hall–Kier alpha value is -1.26. The molecule has 2 aliphatic carbocycles. The molecule has 1 aromatic carbocycles. The lowest BCUT2D eigenvalue weighted by Gasteiger charge is -2.42. The molecule has 4 rings (SSSR count). The second-order valence-corrected chi connectivity index (χ2v) is 11.1. The third-order valence-electron chi connectivity index (χ3n) is 6.02. The van der Waals surface area contributed by atoms with Crippen LogP contribution in [0.3, 0.4) is 0 Å². The summed E-state index contributed by atoms with van der Waals surface area (Å²) in [5, 5.41) is 51.6. The van der Waals surface area contributed by atoms with E-state index in [-0.39, 0.29) is 39.2 Å². The summed E-state index contributed by atoms with van der Waals surface area (Å²) in [5.74, 6) is -2.02. The predicted molar refractivity (Wildman–Crippen MR) is 105 cm³/mol. The van der Waals surface area contributed by atoms with Crippen molar-refractivity contribution in [2.24, 2.45) is 0 Å². The van der Waals surface area contributed by atoms with Gasteiger partial charge in [0.1, 0.15) is 23.7 Å². The largest absolute Gasteiger partial charge is 0.507 e. The van der Waals surface area contributed by atoms with Gasteiger partial charge in [-0.25, -0.2) is 0 Å². The number of carbonyl (C=O) groups is 2. The summed E-state index contributed by atoms with van der Waals surface area (Å²) in [5.41, 5.74) is -2.55. The maximum absolute atomic E-state index is 13.2. The van der Waals surface area contributed by atoms with Crippen LogP contribution in [0.15, 0.2) is 0 Å². The van der Waals surface area contributed by atoms with E-state index in [0.29, 0.717) is 0 Å². The van der Waals surface area contributed by atoms with E-state index in [0.717, 1.165) is 0 Å². The number of Topliss-reactive ketones (excluding diaryl/α,β-unsaturated/α-hetero) is 2. The molecule has 1 fully saturated rings. The number of benzene rings is 1. The summed E-state index contributed by atoms with van der Waals surface area (Å²) in [4.78, 5) is 26.4. The smallest absolute Gasteiger partial charge is 0.182 e. The minimum absolute atomic E-state index is 0.0199. The lowest BCUT2D eigenvalue weighted by molar-refractivity contribution is -0.126. The molecule has 0 bridgehead atoms. The van der Waals surface area contributed by atoms with Crippen LogP contribution in [0.5, 0.6) is 11.5 Å². The average Bonchev–Trinajstić information content (AvgIpc) is 2.62. The van der Waals surface area contributed by atoms with E-state index in [2.05, 4.69) is 0 Å². The average molecular weight is 427 g/mol. The van der Waals surface area contributed by atoms with Crippen molar-refractivity contribution in [1.82, 2.24) is 0 Å². The number of phenolic OH excluding ortho intramolecular Hbond substituents is 2. The molecule has 28 heavy (non-hydrogen) atoms. The fourth-order valence-electron chi connectivity index (χ4n) is 4.24. The quantitative estimate of drug-likeness (QED) is 0.387. The molecule has 1 aliphatic heterocycles. The van der Waals surface area contributed by atoms with E-state index in [4.69, 9.17) is 0 Å². The van der Waals surface area contributed by atoms with Gasteiger partial charge in [-0.3, -0.25) is 9.59 Å². The second-order valence-electron chi connectivity index (χ2n) is 8.02. The van der Waals surface area contributed by atoms with Gasteiger partial charge in [0.2, 0.25) is 0 Å². The number of hydrogen-bond donors (Lipinski definition) is 5. The number of hydrogen-bond acceptors (Lipinski definition) is 9. The van der Waals surface area contributed by atoms with Gasteiger partial charge in [0, 0.05) is 28.0 Å². The number of phenols is 2. The SMILES string of the molecule is CC1SC2C(=O)c3c(O)c4c(c(O)c3C(=O)C2SC1C)C(O)C(O)C(C)(O)C4. The van der Waals surface area contributed by atoms with E-state index in [1.54, 1.807) is 0 Å². The first kappa shape index (κ1) is 20.0. The third kappa shape index (κ3) is 2.56. The first-order valence-corrected chi connectivity index (χ1v) is 10.9. The molecule has 7 atom stereocenters. The van der Waals surface area contributed by atoms with Gasteiger partial charge >= 0.3 is 0 Å². The molecule has 7 unspecified atom stereocenters. The Morgan fingerprint density at radius 2 is 1.39 bits per heavy atom. The number of thioether (sulfide) groups is 2. The number of aromatic hydroxyl groups is 2. The van der Waals surface area contributed by atoms with E-state index < -0.39 is 51.4 Å². The summed E-state index contributed by atoms with van der Waals surface area (Å²) < 4.78 is 0. The Morgan fingerprint density at radius 1 is 0.929 bits per heavy atom. The zero-order valence-electron chi connectivity index (χ0n) is 15.5. The van der Waals surface area contributed by atoms with Crippen LogP contribution >= 0.6 is 23.5 Å². The molecule has 0 aromatic heterocycles. The van der Waals surface area contributed by atoms with Crippen molar-refractivity contribution in [2.75, 3.05) is 0 Å². The van der Waals surface area contributed by atoms with Gasteiger partial charge in [-0.15, -0.1) is 23.5 Å².